The van der Waals surface area contributed by atoms with Crippen LogP contribution in [0.2, 0.25) is 0 Å². The van der Waals surface area contributed by atoms with Gasteiger partial charge in [-0.05, 0) is 12.5 Å². The lowest BCUT2D eigenvalue weighted by Crippen LogP contribution is -1.91. The van der Waals surface area contributed by atoms with Gasteiger partial charge in [0.1, 0.15) is 10.7 Å². The molecule has 0 aliphatic carbocycles. The fourth-order valence-electron chi connectivity index (χ4n) is 0.839. The van der Waals surface area contributed by atoms with Crippen molar-refractivity contribution in [3.8, 4) is 0 Å². The Hall–Kier alpha value is -0.270. The molecule has 0 radical (unpaired) electrons. The van der Waals surface area contributed by atoms with Gasteiger partial charge in [0.05, 0.1) is 0 Å². The van der Waals surface area contributed by atoms with Crippen LogP contribution in [0.5, 0.6) is 0 Å². The normalized spacial score (nSPS) is 10.6. The van der Waals surface area contributed by atoms with Crippen molar-refractivity contribution in [2.45, 2.75) is 11.8 Å². The second-order valence-electron chi connectivity index (χ2n) is 2.28. The van der Waals surface area contributed by atoms with E-state index in [9.17, 15) is 4.39 Å². The molecule has 1 aromatic rings. The third-order valence-corrected chi connectivity index (χ3v) is 1.93. The Bertz CT molecular complexity index is 258. The molecule has 1 rings (SSSR count). The van der Waals surface area contributed by atoms with Crippen LogP contribution in [0.25, 0.3) is 0 Å². The van der Waals surface area contributed by atoms with Crippen LogP contribution in [0, 0.1) is 12.7 Å². The zero-order valence-electron chi connectivity index (χ0n) is 5.94. The van der Waals surface area contributed by atoms with Crippen LogP contribution in [0.1, 0.15) is 16.0 Å². The van der Waals surface area contributed by atoms with Gasteiger partial charge in [0.25, 0.3) is 0 Å². The number of aryl methyl sites for hydroxylation is 1. The molecule has 11 heavy (non-hydrogen) atoms. The summed E-state index contributed by atoms with van der Waals surface area (Å²) in [7, 11) is 0. The first-order valence-corrected chi connectivity index (χ1v) is 4.03. The summed E-state index contributed by atoms with van der Waals surface area (Å²) in [5.41, 5.74) is 0.905. The van der Waals surface area contributed by atoms with E-state index in [1.807, 2.05) is 0 Å². The van der Waals surface area contributed by atoms with Gasteiger partial charge in [0, 0.05) is 5.56 Å². The minimum atomic E-state index is -0.782. The summed E-state index contributed by atoms with van der Waals surface area (Å²) in [5.74, 6) is -0.317. The summed E-state index contributed by atoms with van der Waals surface area (Å²) in [5, 5.41) is 0. The van der Waals surface area contributed by atoms with Gasteiger partial charge in [0.15, 0.2) is 0 Å². The van der Waals surface area contributed by atoms with E-state index in [1.54, 1.807) is 25.1 Å². The van der Waals surface area contributed by atoms with E-state index < -0.39 is 4.84 Å². The summed E-state index contributed by atoms with van der Waals surface area (Å²) in [6, 6.07) is 4.98. The van der Waals surface area contributed by atoms with Crippen LogP contribution < -0.4 is 0 Å². The van der Waals surface area contributed by atoms with Crippen LogP contribution in [0.4, 0.5) is 4.39 Å². The largest absolute Gasteiger partial charge is 0.206 e. The second kappa shape index (κ2) is 3.42. The lowest BCUT2D eigenvalue weighted by Gasteiger charge is -2.04. The molecular formula is C8H7Cl2F. The molecule has 0 aliphatic heterocycles. The van der Waals surface area contributed by atoms with Gasteiger partial charge in [-0.15, -0.1) is 0 Å². The Labute approximate surface area is 74.9 Å². The summed E-state index contributed by atoms with van der Waals surface area (Å²) in [6.07, 6.45) is 0. The first-order chi connectivity index (χ1) is 5.13. The number of rotatable bonds is 1. The van der Waals surface area contributed by atoms with Crippen molar-refractivity contribution < 1.29 is 4.39 Å². The Morgan fingerprint density at radius 3 is 2.45 bits per heavy atom. The topological polar surface area (TPSA) is 0 Å². The monoisotopic (exact) mass is 192 g/mol. The molecule has 0 nitrogen and oxygen atoms in total. The third kappa shape index (κ3) is 1.85. The molecule has 0 bridgehead atoms. The molecule has 0 atom stereocenters. The SMILES string of the molecule is Cc1cccc(C(Cl)Cl)c1F. The van der Waals surface area contributed by atoms with Crippen molar-refractivity contribution in [1.29, 1.82) is 0 Å². The van der Waals surface area contributed by atoms with E-state index in [2.05, 4.69) is 0 Å². The van der Waals surface area contributed by atoms with Crippen molar-refractivity contribution in [1.82, 2.24) is 0 Å². The quantitative estimate of drug-likeness (QED) is 0.597. The van der Waals surface area contributed by atoms with Gasteiger partial charge >= 0.3 is 0 Å². The highest BCUT2D eigenvalue weighted by Crippen LogP contribution is 2.27. The van der Waals surface area contributed by atoms with Gasteiger partial charge in [-0.1, -0.05) is 41.4 Å². The van der Waals surface area contributed by atoms with Gasteiger partial charge in [0.2, 0.25) is 0 Å². The van der Waals surface area contributed by atoms with Gasteiger partial charge < -0.3 is 0 Å². The van der Waals surface area contributed by atoms with E-state index in [0.29, 0.717) is 11.1 Å². The first-order valence-electron chi connectivity index (χ1n) is 3.16. The van der Waals surface area contributed by atoms with Crippen LogP contribution in [0.3, 0.4) is 0 Å². The van der Waals surface area contributed by atoms with E-state index in [1.165, 1.54) is 0 Å². The molecule has 60 valence electrons. The third-order valence-electron chi connectivity index (χ3n) is 1.46. The van der Waals surface area contributed by atoms with Crippen molar-refractivity contribution in [2.24, 2.45) is 0 Å². The predicted molar refractivity (Wildman–Crippen MR) is 45.6 cm³/mol. The molecule has 0 fully saturated rings. The minimum absolute atomic E-state index is 0.317. The fourth-order valence-corrected chi connectivity index (χ4v) is 1.18. The van der Waals surface area contributed by atoms with E-state index in [-0.39, 0.29) is 5.82 Å². The fraction of sp³-hybridized carbons (Fsp3) is 0.250. The molecule has 0 heterocycles. The van der Waals surface area contributed by atoms with E-state index in [4.69, 9.17) is 23.2 Å². The maximum absolute atomic E-state index is 13.1. The van der Waals surface area contributed by atoms with E-state index in [0.717, 1.165) is 0 Å². The summed E-state index contributed by atoms with van der Waals surface area (Å²) in [6.45, 7) is 1.68. The Morgan fingerprint density at radius 2 is 2.00 bits per heavy atom. The van der Waals surface area contributed by atoms with Crippen molar-refractivity contribution in [2.75, 3.05) is 0 Å². The molecule has 3 heteroatoms. The highest BCUT2D eigenvalue weighted by atomic mass is 35.5. The summed E-state index contributed by atoms with van der Waals surface area (Å²) >= 11 is 11.0. The number of hydrogen-bond acceptors (Lipinski definition) is 0. The van der Waals surface area contributed by atoms with Crippen LogP contribution in [-0.2, 0) is 0 Å². The van der Waals surface area contributed by atoms with Crippen molar-refractivity contribution in [3.63, 3.8) is 0 Å². The Kier molecular flexibility index (Phi) is 2.74. The Balaban J connectivity index is 3.17. The lowest BCUT2D eigenvalue weighted by molar-refractivity contribution is 0.606. The van der Waals surface area contributed by atoms with Crippen molar-refractivity contribution >= 4 is 23.2 Å². The molecule has 0 aliphatic rings. The first kappa shape index (κ1) is 8.82. The molecular weight excluding hydrogens is 186 g/mol. The zero-order chi connectivity index (χ0) is 8.43. The molecule has 0 amide bonds. The summed E-state index contributed by atoms with van der Waals surface area (Å²) < 4.78 is 13.1. The molecule has 0 spiro atoms. The van der Waals surface area contributed by atoms with Crippen LogP contribution >= 0.6 is 23.2 Å². The van der Waals surface area contributed by atoms with Crippen molar-refractivity contribution in [3.05, 3.63) is 35.1 Å². The smallest absolute Gasteiger partial charge is 0.135 e. The molecule has 0 saturated carbocycles. The maximum Gasteiger partial charge on any atom is 0.135 e. The van der Waals surface area contributed by atoms with Gasteiger partial charge in [-0.3, -0.25) is 0 Å². The van der Waals surface area contributed by atoms with E-state index >= 15 is 0 Å². The highest BCUT2D eigenvalue weighted by Gasteiger charge is 2.10. The van der Waals surface area contributed by atoms with Gasteiger partial charge in [-0.25, -0.2) is 4.39 Å². The predicted octanol–water partition coefficient (Wildman–Crippen LogP) is 3.61. The second-order valence-corrected chi connectivity index (χ2v) is 3.38. The zero-order valence-corrected chi connectivity index (χ0v) is 7.46. The molecule has 1 aromatic carbocycles. The maximum atomic E-state index is 13.1. The molecule has 0 unspecified atom stereocenters. The lowest BCUT2D eigenvalue weighted by atomic mass is 10.1. The summed E-state index contributed by atoms with van der Waals surface area (Å²) in [4.78, 5) is -0.782. The van der Waals surface area contributed by atoms with Crippen LogP contribution in [0.15, 0.2) is 18.2 Å². The average Bonchev–Trinajstić information content (AvgIpc) is 1.94. The standard InChI is InChI=1S/C8H7Cl2F/c1-5-3-2-4-6(7(5)11)8(9)10/h2-4,8H,1H3. The van der Waals surface area contributed by atoms with Gasteiger partial charge in [-0.2, -0.15) is 0 Å². The molecule has 0 aromatic heterocycles. The average molecular weight is 193 g/mol. The number of halogens is 3. The Morgan fingerprint density at radius 1 is 1.36 bits per heavy atom. The van der Waals surface area contributed by atoms with Crippen LogP contribution in [-0.4, -0.2) is 0 Å². The molecule has 0 saturated heterocycles. The highest BCUT2D eigenvalue weighted by molar-refractivity contribution is 6.44. The molecule has 0 N–H and O–H groups in total. The number of alkyl halides is 2. The number of benzene rings is 1. The number of hydrogen-bond donors (Lipinski definition) is 0. The minimum Gasteiger partial charge on any atom is -0.206 e.